The Morgan fingerprint density at radius 3 is 2.25 bits per heavy atom. The minimum atomic E-state index is -0.242. The van der Waals surface area contributed by atoms with Crippen molar-refractivity contribution in [2.75, 3.05) is 5.32 Å². The number of anilines is 1. The van der Waals surface area contributed by atoms with Gasteiger partial charge >= 0.3 is 0 Å². The highest BCUT2D eigenvalue weighted by molar-refractivity contribution is 6.34. The summed E-state index contributed by atoms with van der Waals surface area (Å²) < 4.78 is 0. The largest absolute Gasteiger partial charge is 0.322 e. The van der Waals surface area contributed by atoms with Crippen molar-refractivity contribution >= 4 is 23.2 Å². The second kappa shape index (κ2) is 7.50. The second-order valence-corrected chi connectivity index (χ2v) is 5.54. The molecule has 0 aliphatic heterocycles. The van der Waals surface area contributed by atoms with E-state index < -0.39 is 0 Å². The third kappa shape index (κ3) is 4.04. The number of carbonyl (C=O) groups excluding carboxylic acids is 1. The summed E-state index contributed by atoms with van der Waals surface area (Å²) in [6.45, 7) is 0. The van der Waals surface area contributed by atoms with Crippen LogP contribution in [0, 0.1) is 11.8 Å². The molecule has 0 aromatic heterocycles. The molecule has 24 heavy (non-hydrogen) atoms. The minimum Gasteiger partial charge on any atom is -0.322 e. The molecule has 0 aliphatic rings. The Morgan fingerprint density at radius 2 is 1.46 bits per heavy atom. The maximum absolute atomic E-state index is 12.3. The van der Waals surface area contributed by atoms with Crippen LogP contribution in [0.15, 0.2) is 78.9 Å². The predicted molar refractivity (Wildman–Crippen MR) is 98.3 cm³/mol. The molecule has 0 atom stereocenters. The number of hydrogen-bond donors (Lipinski definition) is 1. The number of carbonyl (C=O) groups is 1. The summed E-state index contributed by atoms with van der Waals surface area (Å²) in [7, 11) is 0. The van der Waals surface area contributed by atoms with Gasteiger partial charge in [-0.3, -0.25) is 4.79 Å². The van der Waals surface area contributed by atoms with Crippen LogP contribution < -0.4 is 5.32 Å². The van der Waals surface area contributed by atoms with Crippen LogP contribution in [-0.2, 0) is 0 Å². The molecular formula is C21H14ClNO. The second-order valence-electron chi connectivity index (χ2n) is 5.13. The molecule has 0 fully saturated rings. The fraction of sp³-hybridized carbons (Fsp3) is 0. The Labute approximate surface area is 146 Å². The Balaban J connectivity index is 1.78. The van der Waals surface area contributed by atoms with Crippen LogP contribution in [0.3, 0.4) is 0 Å². The van der Waals surface area contributed by atoms with Crippen molar-refractivity contribution in [2.24, 2.45) is 0 Å². The van der Waals surface area contributed by atoms with E-state index in [4.69, 9.17) is 11.6 Å². The van der Waals surface area contributed by atoms with Gasteiger partial charge in [-0.1, -0.05) is 59.8 Å². The lowest BCUT2D eigenvalue weighted by Crippen LogP contribution is -2.12. The van der Waals surface area contributed by atoms with Gasteiger partial charge in [0.1, 0.15) is 0 Å². The predicted octanol–water partition coefficient (Wildman–Crippen LogP) is 4.99. The van der Waals surface area contributed by atoms with Crippen molar-refractivity contribution in [3.05, 3.63) is 101 Å². The molecule has 0 radical (unpaired) electrons. The van der Waals surface area contributed by atoms with E-state index in [1.54, 1.807) is 24.3 Å². The van der Waals surface area contributed by atoms with Crippen LogP contribution in [-0.4, -0.2) is 5.91 Å². The molecule has 3 aromatic carbocycles. The smallest absolute Gasteiger partial charge is 0.257 e. The number of hydrogen-bond acceptors (Lipinski definition) is 1. The Hall–Kier alpha value is -3.02. The number of rotatable bonds is 2. The number of nitrogens with one attached hydrogen (secondary N) is 1. The van der Waals surface area contributed by atoms with Gasteiger partial charge in [0.05, 0.1) is 10.6 Å². The van der Waals surface area contributed by atoms with Crippen molar-refractivity contribution in [3.8, 4) is 11.8 Å². The van der Waals surface area contributed by atoms with Gasteiger partial charge in [0, 0.05) is 16.8 Å². The molecule has 3 aromatic rings. The summed E-state index contributed by atoms with van der Waals surface area (Å²) in [6, 6.07) is 24.1. The van der Waals surface area contributed by atoms with E-state index in [0.717, 1.165) is 11.1 Å². The van der Waals surface area contributed by atoms with Gasteiger partial charge in [-0.25, -0.2) is 0 Å². The SMILES string of the molecule is O=C(Nc1cccc(C#Cc2ccccc2)c1)c1ccccc1Cl. The lowest BCUT2D eigenvalue weighted by molar-refractivity contribution is 0.102. The van der Waals surface area contributed by atoms with Gasteiger partial charge in [-0.2, -0.15) is 0 Å². The quantitative estimate of drug-likeness (QED) is 0.658. The number of halogens is 1. The van der Waals surface area contributed by atoms with Crippen LogP contribution in [0.2, 0.25) is 5.02 Å². The summed E-state index contributed by atoms with van der Waals surface area (Å²) >= 11 is 6.05. The van der Waals surface area contributed by atoms with Crippen molar-refractivity contribution in [1.82, 2.24) is 0 Å². The Bertz CT molecular complexity index is 923. The third-order valence-corrected chi connectivity index (χ3v) is 3.69. The summed E-state index contributed by atoms with van der Waals surface area (Å²) in [5, 5.41) is 3.27. The van der Waals surface area contributed by atoms with Crippen molar-refractivity contribution in [1.29, 1.82) is 0 Å². The molecule has 0 heterocycles. The Morgan fingerprint density at radius 1 is 0.792 bits per heavy atom. The van der Waals surface area contributed by atoms with Gasteiger partial charge < -0.3 is 5.32 Å². The van der Waals surface area contributed by atoms with E-state index in [0.29, 0.717) is 16.3 Å². The topological polar surface area (TPSA) is 29.1 Å². The van der Waals surface area contributed by atoms with E-state index in [1.165, 1.54) is 0 Å². The first kappa shape index (κ1) is 15.9. The molecule has 116 valence electrons. The average Bonchev–Trinajstić information content (AvgIpc) is 2.61. The zero-order valence-electron chi connectivity index (χ0n) is 12.8. The van der Waals surface area contributed by atoms with Crippen LogP contribution in [0.5, 0.6) is 0 Å². The van der Waals surface area contributed by atoms with E-state index in [1.807, 2.05) is 54.6 Å². The zero-order chi connectivity index (χ0) is 16.8. The molecule has 2 nitrogen and oxygen atoms in total. The molecule has 0 unspecified atom stereocenters. The third-order valence-electron chi connectivity index (χ3n) is 3.36. The normalized spacial score (nSPS) is 9.71. The molecule has 0 saturated carbocycles. The molecular weight excluding hydrogens is 318 g/mol. The Kier molecular flexibility index (Phi) is 4.96. The fourth-order valence-electron chi connectivity index (χ4n) is 2.18. The molecule has 0 aliphatic carbocycles. The first-order chi connectivity index (χ1) is 11.7. The van der Waals surface area contributed by atoms with Crippen LogP contribution >= 0.6 is 11.6 Å². The van der Waals surface area contributed by atoms with Crippen molar-refractivity contribution < 1.29 is 4.79 Å². The molecule has 0 saturated heterocycles. The van der Waals surface area contributed by atoms with Gasteiger partial charge in [-0.05, 0) is 42.5 Å². The van der Waals surface area contributed by atoms with Crippen molar-refractivity contribution in [2.45, 2.75) is 0 Å². The lowest BCUT2D eigenvalue weighted by Gasteiger charge is -2.07. The van der Waals surface area contributed by atoms with Crippen LogP contribution in [0.1, 0.15) is 21.5 Å². The summed E-state index contributed by atoms with van der Waals surface area (Å²) in [5.41, 5.74) is 2.90. The standard InChI is InChI=1S/C21H14ClNO/c22-20-12-5-4-11-19(20)21(24)23-18-10-6-9-17(15-18)14-13-16-7-2-1-3-8-16/h1-12,15H,(H,23,24). The van der Waals surface area contributed by atoms with Gasteiger partial charge in [0.25, 0.3) is 5.91 Å². The summed E-state index contributed by atoms with van der Waals surface area (Å²) in [6.07, 6.45) is 0. The summed E-state index contributed by atoms with van der Waals surface area (Å²) in [5.74, 6) is 5.95. The van der Waals surface area contributed by atoms with E-state index in [-0.39, 0.29) is 5.91 Å². The number of amides is 1. The molecule has 0 bridgehead atoms. The highest BCUT2D eigenvalue weighted by atomic mass is 35.5. The van der Waals surface area contributed by atoms with Crippen LogP contribution in [0.4, 0.5) is 5.69 Å². The van der Waals surface area contributed by atoms with Crippen molar-refractivity contribution in [3.63, 3.8) is 0 Å². The molecule has 1 N–H and O–H groups in total. The van der Waals surface area contributed by atoms with Crippen LogP contribution in [0.25, 0.3) is 0 Å². The maximum atomic E-state index is 12.3. The molecule has 3 rings (SSSR count). The van der Waals surface area contributed by atoms with E-state index >= 15 is 0 Å². The first-order valence-electron chi connectivity index (χ1n) is 7.45. The fourth-order valence-corrected chi connectivity index (χ4v) is 2.41. The van der Waals surface area contributed by atoms with Gasteiger partial charge in [-0.15, -0.1) is 0 Å². The number of benzene rings is 3. The highest BCUT2D eigenvalue weighted by Crippen LogP contribution is 2.17. The maximum Gasteiger partial charge on any atom is 0.257 e. The molecule has 3 heteroatoms. The van der Waals surface area contributed by atoms with E-state index in [9.17, 15) is 4.79 Å². The monoisotopic (exact) mass is 331 g/mol. The average molecular weight is 332 g/mol. The molecule has 0 spiro atoms. The first-order valence-corrected chi connectivity index (χ1v) is 7.83. The minimum absolute atomic E-state index is 0.242. The summed E-state index contributed by atoms with van der Waals surface area (Å²) in [4.78, 5) is 12.3. The lowest BCUT2D eigenvalue weighted by atomic mass is 10.1. The van der Waals surface area contributed by atoms with E-state index in [2.05, 4.69) is 17.2 Å². The molecule has 1 amide bonds. The zero-order valence-corrected chi connectivity index (χ0v) is 13.5. The van der Waals surface area contributed by atoms with Gasteiger partial charge in [0.2, 0.25) is 0 Å². The highest BCUT2D eigenvalue weighted by Gasteiger charge is 2.09. The van der Waals surface area contributed by atoms with Gasteiger partial charge in [0.15, 0.2) is 0 Å².